The Hall–Kier alpha value is -0.550. The molecule has 1 N–H and O–H groups in total. The normalized spacial score (nSPS) is 10.5. The Labute approximate surface area is 75.4 Å². The Morgan fingerprint density at radius 2 is 2.42 bits per heavy atom. The molecular formula is C7H12N2O2S. The van der Waals surface area contributed by atoms with Crippen LogP contribution in [0.1, 0.15) is 18.6 Å². The lowest BCUT2D eigenvalue weighted by Gasteiger charge is -1.91. The predicted octanol–water partition coefficient (Wildman–Crippen LogP) is 0.857. The van der Waals surface area contributed by atoms with Gasteiger partial charge in [-0.15, -0.1) is 0 Å². The minimum atomic E-state index is 0.198. The van der Waals surface area contributed by atoms with Gasteiger partial charge in [0.2, 0.25) is 5.89 Å². The molecule has 0 aliphatic heterocycles. The van der Waals surface area contributed by atoms with Crippen LogP contribution in [0.3, 0.4) is 0 Å². The summed E-state index contributed by atoms with van der Waals surface area (Å²) in [4.78, 5) is 4.12. The highest BCUT2D eigenvalue weighted by Crippen LogP contribution is 2.08. The number of rotatable bonds is 5. The number of hydrogen-bond acceptors (Lipinski definition) is 5. The second-order valence-corrected chi connectivity index (χ2v) is 3.34. The fourth-order valence-corrected chi connectivity index (χ4v) is 1.29. The molecule has 1 aromatic rings. The van der Waals surface area contributed by atoms with E-state index in [1.165, 1.54) is 0 Å². The summed E-state index contributed by atoms with van der Waals surface area (Å²) in [5.41, 5.74) is 0. The number of aliphatic hydroxyl groups is 1. The van der Waals surface area contributed by atoms with Crippen molar-refractivity contribution < 1.29 is 9.63 Å². The third-order valence-corrected chi connectivity index (χ3v) is 2.21. The Morgan fingerprint density at radius 3 is 3.00 bits per heavy atom. The van der Waals surface area contributed by atoms with Gasteiger partial charge in [0.05, 0.1) is 12.4 Å². The van der Waals surface area contributed by atoms with Crippen LogP contribution in [0.2, 0.25) is 0 Å². The van der Waals surface area contributed by atoms with Gasteiger partial charge < -0.3 is 9.63 Å². The largest absolute Gasteiger partial charge is 0.396 e. The zero-order chi connectivity index (χ0) is 8.81. The lowest BCUT2D eigenvalue weighted by molar-refractivity contribution is 0.322. The van der Waals surface area contributed by atoms with Gasteiger partial charge in [0, 0.05) is 12.2 Å². The Morgan fingerprint density at radius 1 is 1.58 bits per heavy atom. The van der Waals surface area contributed by atoms with E-state index in [1.54, 1.807) is 11.8 Å². The molecule has 1 aromatic heterocycles. The molecule has 0 saturated heterocycles. The zero-order valence-electron chi connectivity index (χ0n) is 6.99. The third kappa shape index (κ3) is 2.83. The fraction of sp³-hybridized carbons (Fsp3) is 0.714. The monoisotopic (exact) mass is 188 g/mol. The first-order valence-corrected chi connectivity index (χ1v) is 5.02. The molecule has 0 radical (unpaired) electrons. The van der Waals surface area contributed by atoms with Crippen LogP contribution in [0, 0.1) is 0 Å². The van der Waals surface area contributed by atoms with Crippen molar-refractivity contribution in [1.29, 1.82) is 0 Å². The quantitative estimate of drug-likeness (QED) is 0.694. The Balaban J connectivity index is 2.31. The van der Waals surface area contributed by atoms with E-state index in [2.05, 4.69) is 10.1 Å². The fourth-order valence-electron chi connectivity index (χ4n) is 0.720. The number of aryl methyl sites for hydroxylation is 1. The maximum atomic E-state index is 8.51. The number of aliphatic hydroxyl groups excluding tert-OH is 1. The van der Waals surface area contributed by atoms with Gasteiger partial charge in [-0.1, -0.05) is 12.1 Å². The topological polar surface area (TPSA) is 59.2 Å². The SMILES string of the molecule is CCc1nc(CSCCO)no1. The molecule has 12 heavy (non-hydrogen) atoms. The summed E-state index contributed by atoms with van der Waals surface area (Å²) in [6.07, 6.45) is 0.775. The van der Waals surface area contributed by atoms with E-state index < -0.39 is 0 Å². The highest BCUT2D eigenvalue weighted by atomic mass is 32.2. The second kappa shape index (κ2) is 5.16. The van der Waals surface area contributed by atoms with Gasteiger partial charge in [-0.2, -0.15) is 16.7 Å². The number of aromatic nitrogens is 2. The van der Waals surface area contributed by atoms with E-state index in [0.29, 0.717) is 17.5 Å². The van der Waals surface area contributed by atoms with E-state index in [4.69, 9.17) is 9.63 Å². The van der Waals surface area contributed by atoms with Crippen LogP contribution in [0.5, 0.6) is 0 Å². The maximum absolute atomic E-state index is 8.51. The predicted molar refractivity (Wildman–Crippen MR) is 46.9 cm³/mol. The van der Waals surface area contributed by atoms with Gasteiger partial charge in [-0.25, -0.2) is 0 Å². The Kier molecular flexibility index (Phi) is 4.10. The zero-order valence-corrected chi connectivity index (χ0v) is 7.80. The molecule has 1 rings (SSSR count). The first kappa shape index (κ1) is 9.54. The van der Waals surface area contributed by atoms with Crippen LogP contribution in [-0.4, -0.2) is 27.6 Å². The van der Waals surface area contributed by atoms with Crippen molar-refractivity contribution in [3.05, 3.63) is 11.7 Å². The average Bonchev–Trinajstić information content (AvgIpc) is 2.53. The summed E-state index contributed by atoms with van der Waals surface area (Å²) in [6, 6.07) is 0. The molecular weight excluding hydrogens is 176 g/mol. The average molecular weight is 188 g/mol. The molecule has 0 amide bonds. The molecule has 0 unspecified atom stereocenters. The highest BCUT2D eigenvalue weighted by molar-refractivity contribution is 7.98. The van der Waals surface area contributed by atoms with Crippen molar-refractivity contribution in [3.8, 4) is 0 Å². The molecule has 0 aliphatic rings. The van der Waals surface area contributed by atoms with E-state index >= 15 is 0 Å². The summed E-state index contributed by atoms with van der Waals surface area (Å²) in [5, 5.41) is 12.3. The molecule has 0 fully saturated rings. The number of hydrogen-bond donors (Lipinski definition) is 1. The van der Waals surface area contributed by atoms with Crippen LogP contribution in [0.25, 0.3) is 0 Å². The van der Waals surface area contributed by atoms with Gasteiger partial charge in [0.25, 0.3) is 0 Å². The Bertz CT molecular complexity index is 227. The van der Waals surface area contributed by atoms with Crippen molar-refractivity contribution in [1.82, 2.24) is 10.1 Å². The standard InChI is InChI=1S/C7H12N2O2S/c1-2-7-8-6(9-11-7)5-12-4-3-10/h10H,2-5H2,1H3. The molecule has 0 atom stereocenters. The van der Waals surface area contributed by atoms with Gasteiger partial charge in [-0.05, 0) is 0 Å². The van der Waals surface area contributed by atoms with Crippen LogP contribution in [0.4, 0.5) is 0 Å². The van der Waals surface area contributed by atoms with Gasteiger partial charge in [0.1, 0.15) is 0 Å². The van der Waals surface area contributed by atoms with Crippen molar-refractivity contribution in [2.24, 2.45) is 0 Å². The number of nitrogens with zero attached hydrogens (tertiary/aromatic N) is 2. The van der Waals surface area contributed by atoms with Gasteiger partial charge >= 0.3 is 0 Å². The number of thioether (sulfide) groups is 1. The van der Waals surface area contributed by atoms with Crippen molar-refractivity contribution in [2.75, 3.05) is 12.4 Å². The first-order valence-electron chi connectivity index (χ1n) is 3.87. The second-order valence-electron chi connectivity index (χ2n) is 2.23. The molecule has 4 nitrogen and oxygen atoms in total. The first-order chi connectivity index (χ1) is 5.86. The van der Waals surface area contributed by atoms with Crippen LogP contribution >= 0.6 is 11.8 Å². The van der Waals surface area contributed by atoms with Crippen LogP contribution in [0.15, 0.2) is 4.52 Å². The minimum absolute atomic E-state index is 0.198. The summed E-state index contributed by atoms with van der Waals surface area (Å²) in [6.45, 7) is 2.17. The molecule has 0 bridgehead atoms. The van der Waals surface area contributed by atoms with Crippen molar-refractivity contribution >= 4 is 11.8 Å². The molecule has 0 aliphatic carbocycles. The van der Waals surface area contributed by atoms with E-state index in [0.717, 1.165) is 12.2 Å². The molecule has 68 valence electrons. The summed E-state index contributed by atoms with van der Waals surface area (Å²) in [5.74, 6) is 2.82. The molecule has 0 spiro atoms. The lowest BCUT2D eigenvalue weighted by atomic mass is 10.5. The van der Waals surface area contributed by atoms with Crippen molar-refractivity contribution in [2.45, 2.75) is 19.1 Å². The lowest BCUT2D eigenvalue weighted by Crippen LogP contribution is -1.89. The molecule has 0 aromatic carbocycles. The van der Waals surface area contributed by atoms with Crippen LogP contribution < -0.4 is 0 Å². The van der Waals surface area contributed by atoms with Crippen molar-refractivity contribution in [3.63, 3.8) is 0 Å². The van der Waals surface area contributed by atoms with E-state index in [9.17, 15) is 0 Å². The molecule has 0 saturated carbocycles. The minimum Gasteiger partial charge on any atom is -0.396 e. The molecule has 1 heterocycles. The highest BCUT2D eigenvalue weighted by Gasteiger charge is 2.02. The van der Waals surface area contributed by atoms with Gasteiger partial charge in [0.15, 0.2) is 5.82 Å². The smallest absolute Gasteiger partial charge is 0.226 e. The van der Waals surface area contributed by atoms with Crippen LogP contribution in [-0.2, 0) is 12.2 Å². The summed E-state index contributed by atoms with van der Waals surface area (Å²) < 4.78 is 4.91. The molecule has 5 heteroatoms. The third-order valence-electron chi connectivity index (χ3n) is 1.28. The van der Waals surface area contributed by atoms with Gasteiger partial charge in [-0.3, -0.25) is 0 Å². The summed E-state index contributed by atoms with van der Waals surface area (Å²) in [7, 11) is 0. The summed E-state index contributed by atoms with van der Waals surface area (Å²) >= 11 is 1.60. The van der Waals surface area contributed by atoms with E-state index in [1.807, 2.05) is 6.92 Å². The van der Waals surface area contributed by atoms with E-state index in [-0.39, 0.29) is 6.61 Å². The maximum Gasteiger partial charge on any atom is 0.226 e.